The van der Waals surface area contributed by atoms with Gasteiger partial charge in [-0.15, -0.1) is 0 Å². The highest BCUT2D eigenvalue weighted by molar-refractivity contribution is 7.89. The number of nitriles is 1. The van der Waals surface area contributed by atoms with Crippen LogP contribution in [0, 0.1) is 23.2 Å². The van der Waals surface area contributed by atoms with Crippen LogP contribution in [0.5, 0.6) is 0 Å². The third-order valence-electron chi connectivity index (χ3n) is 5.18. The molecule has 6 nitrogen and oxygen atoms in total. The Morgan fingerprint density at radius 2 is 2.00 bits per heavy atom. The van der Waals surface area contributed by atoms with E-state index in [1.165, 1.54) is 0 Å². The van der Waals surface area contributed by atoms with Gasteiger partial charge < -0.3 is 4.90 Å². The third-order valence-corrected chi connectivity index (χ3v) is 7.06. The molecule has 1 aromatic carbocycles. The first-order chi connectivity index (χ1) is 12.4. The van der Waals surface area contributed by atoms with E-state index in [0.717, 1.165) is 6.42 Å². The zero-order valence-electron chi connectivity index (χ0n) is 15.5. The molecule has 0 aliphatic carbocycles. The van der Waals surface area contributed by atoms with E-state index in [4.69, 9.17) is 5.26 Å². The molecule has 26 heavy (non-hydrogen) atoms. The summed E-state index contributed by atoms with van der Waals surface area (Å²) in [6.45, 7) is 3.37. The van der Waals surface area contributed by atoms with E-state index < -0.39 is 10.0 Å². The zero-order valence-corrected chi connectivity index (χ0v) is 16.3. The smallest absolute Gasteiger partial charge is 0.243 e. The van der Waals surface area contributed by atoms with Gasteiger partial charge in [-0.2, -0.15) is 9.57 Å². The molecule has 142 valence electrons. The maximum Gasteiger partial charge on any atom is 0.243 e. The Labute approximate surface area is 156 Å². The van der Waals surface area contributed by atoms with Crippen molar-refractivity contribution < 1.29 is 13.2 Å². The van der Waals surface area contributed by atoms with Crippen LogP contribution in [0.1, 0.15) is 32.6 Å². The monoisotopic (exact) mass is 377 g/mol. The predicted molar refractivity (Wildman–Crippen MR) is 99.6 cm³/mol. The van der Waals surface area contributed by atoms with Crippen molar-refractivity contribution in [1.82, 2.24) is 9.21 Å². The summed E-state index contributed by atoms with van der Waals surface area (Å²) in [5.41, 5.74) is 0. The molecule has 0 spiro atoms. The Hall–Kier alpha value is -1.91. The molecule has 7 heteroatoms. The van der Waals surface area contributed by atoms with Crippen molar-refractivity contribution in [2.45, 2.75) is 37.5 Å². The predicted octanol–water partition coefficient (Wildman–Crippen LogP) is 2.49. The minimum absolute atomic E-state index is 0.0306. The first kappa shape index (κ1) is 20.4. The van der Waals surface area contributed by atoms with Crippen molar-refractivity contribution in [1.29, 1.82) is 5.26 Å². The molecule has 0 radical (unpaired) electrons. The van der Waals surface area contributed by atoms with Crippen molar-refractivity contribution >= 4 is 15.9 Å². The van der Waals surface area contributed by atoms with E-state index in [1.807, 2.05) is 13.0 Å². The van der Waals surface area contributed by atoms with Gasteiger partial charge in [-0.1, -0.05) is 31.5 Å². The van der Waals surface area contributed by atoms with Gasteiger partial charge in [0.05, 0.1) is 17.4 Å². The Bertz CT molecular complexity index is 743. The van der Waals surface area contributed by atoms with Gasteiger partial charge in [0.2, 0.25) is 15.9 Å². The van der Waals surface area contributed by atoms with Crippen molar-refractivity contribution in [2.24, 2.45) is 11.8 Å². The molecule has 1 fully saturated rings. The summed E-state index contributed by atoms with van der Waals surface area (Å²) in [6.07, 6.45) is 2.26. The standard InChI is InChI=1S/C19H27N3O3S/c1-3-16-15-22(26(24,25)18-8-5-4-6-9-18)13-10-17(16)14-19(23)21(2)12-7-11-20/h4-6,8-9,16-17H,3,7,10,12-15H2,1-2H3. The number of carbonyl (C=O) groups excluding carboxylic acids is 1. The second-order valence-corrected chi connectivity index (χ2v) is 8.76. The van der Waals surface area contributed by atoms with E-state index in [2.05, 4.69) is 0 Å². The van der Waals surface area contributed by atoms with E-state index in [9.17, 15) is 13.2 Å². The largest absolute Gasteiger partial charge is 0.345 e. The zero-order chi connectivity index (χ0) is 19.2. The number of hydrogen-bond donors (Lipinski definition) is 0. The first-order valence-corrected chi connectivity index (χ1v) is 10.5. The molecule has 0 aromatic heterocycles. The summed E-state index contributed by atoms with van der Waals surface area (Å²) in [4.78, 5) is 14.3. The second-order valence-electron chi connectivity index (χ2n) is 6.82. The van der Waals surface area contributed by atoms with Crippen molar-refractivity contribution in [2.75, 3.05) is 26.7 Å². The quantitative estimate of drug-likeness (QED) is 0.731. The van der Waals surface area contributed by atoms with Crippen molar-refractivity contribution in [3.05, 3.63) is 30.3 Å². The summed E-state index contributed by atoms with van der Waals surface area (Å²) in [6, 6.07) is 10.5. The lowest BCUT2D eigenvalue weighted by molar-refractivity contribution is -0.131. The molecule has 1 aliphatic heterocycles. The number of amides is 1. The Kier molecular flexibility index (Phi) is 7.18. The van der Waals surface area contributed by atoms with E-state index >= 15 is 0 Å². The lowest BCUT2D eigenvalue weighted by Gasteiger charge is -2.37. The highest BCUT2D eigenvalue weighted by Gasteiger charge is 2.35. The minimum atomic E-state index is -3.48. The lowest BCUT2D eigenvalue weighted by Crippen LogP contribution is -2.44. The average Bonchev–Trinajstić information content (AvgIpc) is 2.66. The number of carbonyl (C=O) groups is 1. The molecule has 0 N–H and O–H groups in total. The summed E-state index contributed by atoms with van der Waals surface area (Å²) in [5.74, 6) is 0.373. The molecule has 1 amide bonds. The van der Waals surface area contributed by atoms with Gasteiger partial charge in [-0.25, -0.2) is 8.42 Å². The summed E-state index contributed by atoms with van der Waals surface area (Å²) in [7, 11) is -1.77. The lowest BCUT2D eigenvalue weighted by atomic mass is 9.82. The topological polar surface area (TPSA) is 81.5 Å². The fraction of sp³-hybridized carbons (Fsp3) is 0.579. The normalized spacial score (nSPS) is 21.1. The molecule has 2 rings (SSSR count). The molecule has 1 heterocycles. The Morgan fingerprint density at radius 3 is 2.62 bits per heavy atom. The molecule has 1 aromatic rings. The SMILES string of the molecule is CCC1CN(S(=O)(=O)c2ccccc2)CCC1CC(=O)N(C)CCC#N. The first-order valence-electron chi connectivity index (χ1n) is 9.06. The van der Waals surface area contributed by atoms with Gasteiger partial charge in [-0.3, -0.25) is 4.79 Å². The van der Waals surface area contributed by atoms with Crippen LogP contribution >= 0.6 is 0 Å². The Morgan fingerprint density at radius 1 is 1.31 bits per heavy atom. The van der Waals surface area contributed by atoms with Crippen LogP contribution in [0.4, 0.5) is 0 Å². The number of benzene rings is 1. The van der Waals surface area contributed by atoms with Gasteiger partial charge in [0.25, 0.3) is 0 Å². The second kappa shape index (κ2) is 9.15. The third kappa shape index (κ3) is 4.83. The fourth-order valence-corrected chi connectivity index (χ4v) is 4.99. The van der Waals surface area contributed by atoms with Gasteiger partial charge in [0.1, 0.15) is 0 Å². The van der Waals surface area contributed by atoms with Crippen LogP contribution in [0.15, 0.2) is 35.2 Å². The fourth-order valence-electron chi connectivity index (χ4n) is 3.46. The summed E-state index contributed by atoms with van der Waals surface area (Å²) < 4.78 is 27.2. The molecular formula is C19H27N3O3S. The van der Waals surface area contributed by atoms with E-state index in [-0.39, 0.29) is 17.7 Å². The number of hydrogen-bond acceptors (Lipinski definition) is 4. The van der Waals surface area contributed by atoms with Crippen LogP contribution in [0.3, 0.4) is 0 Å². The molecule has 1 aliphatic rings. The van der Waals surface area contributed by atoms with Crippen LogP contribution in [0.25, 0.3) is 0 Å². The molecular weight excluding hydrogens is 350 g/mol. The minimum Gasteiger partial charge on any atom is -0.345 e. The highest BCUT2D eigenvalue weighted by Crippen LogP contribution is 2.32. The molecule has 0 saturated carbocycles. The van der Waals surface area contributed by atoms with E-state index in [0.29, 0.717) is 43.8 Å². The van der Waals surface area contributed by atoms with Crippen molar-refractivity contribution in [3.8, 4) is 6.07 Å². The molecule has 2 atom stereocenters. The van der Waals surface area contributed by atoms with Crippen molar-refractivity contribution in [3.63, 3.8) is 0 Å². The van der Waals surface area contributed by atoms with Gasteiger partial charge in [0.15, 0.2) is 0 Å². The van der Waals surface area contributed by atoms with Gasteiger partial charge in [0, 0.05) is 33.1 Å². The molecule has 2 unspecified atom stereocenters. The average molecular weight is 378 g/mol. The molecule has 1 saturated heterocycles. The maximum atomic E-state index is 12.8. The summed E-state index contributed by atoms with van der Waals surface area (Å²) >= 11 is 0. The van der Waals surface area contributed by atoms with Crippen LogP contribution in [0.2, 0.25) is 0 Å². The number of piperidine rings is 1. The van der Waals surface area contributed by atoms with Gasteiger partial charge >= 0.3 is 0 Å². The Balaban J connectivity index is 2.02. The van der Waals surface area contributed by atoms with E-state index in [1.54, 1.807) is 46.6 Å². The van der Waals surface area contributed by atoms with Crippen LogP contribution < -0.4 is 0 Å². The number of rotatable bonds is 7. The molecule has 0 bridgehead atoms. The van der Waals surface area contributed by atoms with Crippen LogP contribution in [-0.2, 0) is 14.8 Å². The number of nitrogens with zero attached hydrogens (tertiary/aromatic N) is 3. The maximum absolute atomic E-state index is 12.8. The van der Waals surface area contributed by atoms with Crippen LogP contribution in [-0.4, -0.2) is 50.2 Å². The van der Waals surface area contributed by atoms with Gasteiger partial charge in [-0.05, 0) is 30.4 Å². The summed E-state index contributed by atoms with van der Waals surface area (Å²) in [5, 5.41) is 8.65. The number of sulfonamides is 1. The highest BCUT2D eigenvalue weighted by atomic mass is 32.2.